The van der Waals surface area contributed by atoms with Crippen molar-refractivity contribution in [3.05, 3.63) is 11.7 Å². The molecule has 1 aromatic rings. The second-order valence-corrected chi connectivity index (χ2v) is 6.17. The van der Waals surface area contributed by atoms with Crippen LogP contribution in [0.4, 0.5) is 0 Å². The van der Waals surface area contributed by atoms with Gasteiger partial charge in [0.1, 0.15) is 0 Å². The zero-order chi connectivity index (χ0) is 11.9. The summed E-state index contributed by atoms with van der Waals surface area (Å²) in [6.07, 6.45) is 7.96. The normalized spacial score (nSPS) is 39.3. The average Bonchev–Trinajstić information content (AvgIpc) is 2.97. The van der Waals surface area contributed by atoms with Crippen LogP contribution in [0.5, 0.6) is 0 Å². The van der Waals surface area contributed by atoms with Gasteiger partial charge in [-0.3, -0.25) is 0 Å². The largest absolute Gasteiger partial charge is 0.339 e. The number of hydrogen-bond donors (Lipinski definition) is 1. The Labute approximate surface area is 108 Å². The van der Waals surface area contributed by atoms with Crippen molar-refractivity contribution in [3.63, 3.8) is 0 Å². The van der Waals surface area contributed by atoms with Crippen LogP contribution in [0, 0.1) is 11.8 Å². The summed E-state index contributed by atoms with van der Waals surface area (Å²) in [7, 11) is 0. The van der Waals surface area contributed by atoms with Gasteiger partial charge in [0.05, 0.1) is 0 Å². The average molecular weight is 247 g/mol. The first-order chi connectivity index (χ1) is 8.93. The number of piperidine rings is 1. The maximum Gasteiger partial charge on any atom is 0.230 e. The Morgan fingerprint density at radius 3 is 2.61 bits per heavy atom. The van der Waals surface area contributed by atoms with E-state index in [2.05, 4.69) is 10.5 Å². The van der Waals surface area contributed by atoms with Crippen LogP contribution in [0.15, 0.2) is 4.52 Å². The van der Waals surface area contributed by atoms with E-state index in [1.165, 1.54) is 38.5 Å². The lowest BCUT2D eigenvalue weighted by molar-refractivity contribution is 0.357. The molecule has 1 saturated heterocycles. The third-order valence-corrected chi connectivity index (χ3v) is 5.06. The van der Waals surface area contributed by atoms with Crippen molar-refractivity contribution in [2.75, 3.05) is 13.1 Å². The van der Waals surface area contributed by atoms with Gasteiger partial charge in [-0.25, -0.2) is 0 Å². The van der Waals surface area contributed by atoms with Crippen molar-refractivity contribution in [2.24, 2.45) is 11.8 Å². The summed E-state index contributed by atoms with van der Waals surface area (Å²) in [5, 5.41) is 7.65. The van der Waals surface area contributed by atoms with E-state index in [9.17, 15) is 0 Å². The van der Waals surface area contributed by atoms with Gasteiger partial charge >= 0.3 is 0 Å². The number of nitrogens with zero attached hydrogens (tertiary/aromatic N) is 2. The van der Waals surface area contributed by atoms with Gasteiger partial charge in [-0.2, -0.15) is 4.98 Å². The molecule has 0 radical (unpaired) electrons. The molecule has 3 fully saturated rings. The number of aromatic nitrogens is 2. The molecule has 1 N–H and O–H groups in total. The van der Waals surface area contributed by atoms with Gasteiger partial charge in [0.15, 0.2) is 5.82 Å². The first-order valence-electron chi connectivity index (χ1n) is 7.47. The molecule has 0 amide bonds. The lowest BCUT2D eigenvalue weighted by Crippen LogP contribution is -2.28. The van der Waals surface area contributed by atoms with Gasteiger partial charge in [-0.1, -0.05) is 18.0 Å². The summed E-state index contributed by atoms with van der Waals surface area (Å²) in [4.78, 5) is 4.70. The quantitative estimate of drug-likeness (QED) is 0.872. The minimum absolute atomic E-state index is 0.469. The minimum Gasteiger partial charge on any atom is -0.339 e. The smallest absolute Gasteiger partial charge is 0.230 e. The van der Waals surface area contributed by atoms with Crippen LogP contribution in [-0.2, 0) is 0 Å². The Kier molecular flexibility index (Phi) is 2.64. The highest BCUT2D eigenvalue weighted by molar-refractivity contribution is 5.15. The monoisotopic (exact) mass is 247 g/mol. The van der Waals surface area contributed by atoms with Crippen LogP contribution >= 0.6 is 0 Å². The number of rotatable bonds is 2. The van der Waals surface area contributed by atoms with E-state index in [0.717, 1.165) is 36.6 Å². The lowest BCUT2D eigenvalue weighted by atomic mass is 9.99. The Morgan fingerprint density at radius 2 is 1.89 bits per heavy atom. The highest BCUT2D eigenvalue weighted by Gasteiger charge is 2.54. The molecular formula is C14H21N3O. The molecule has 3 aliphatic rings. The fourth-order valence-electron chi connectivity index (χ4n) is 3.98. The van der Waals surface area contributed by atoms with Crippen molar-refractivity contribution in [1.29, 1.82) is 0 Å². The van der Waals surface area contributed by atoms with Crippen LogP contribution in [0.3, 0.4) is 0 Å². The molecule has 0 aromatic carbocycles. The summed E-state index contributed by atoms with van der Waals surface area (Å²) in [6.45, 7) is 2.14. The van der Waals surface area contributed by atoms with E-state index >= 15 is 0 Å². The molecular weight excluding hydrogens is 226 g/mol. The second kappa shape index (κ2) is 4.34. The van der Waals surface area contributed by atoms with Gasteiger partial charge in [-0.05, 0) is 44.1 Å². The molecule has 1 aliphatic heterocycles. The highest BCUT2D eigenvalue weighted by Crippen LogP contribution is 2.60. The van der Waals surface area contributed by atoms with Crippen molar-refractivity contribution in [3.8, 4) is 0 Å². The molecule has 0 bridgehead atoms. The Balaban J connectivity index is 1.48. The first-order valence-corrected chi connectivity index (χ1v) is 7.47. The summed E-state index contributed by atoms with van der Waals surface area (Å²) < 4.78 is 5.54. The fraction of sp³-hybridized carbons (Fsp3) is 0.857. The van der Waals surface area contributed by atoms with E-state index in [-0.39, 0.29) is 0 Å². The molecule has 1 aromatic heterocycles. The fourth-order valence-corrected chi connectivity index (χ4v) is 3.98. The molecule has 98 valence electrons. The van der Waals surface area contributed by atoms with Gasteiger partial charge in [0, 0.05) is 18.4 Å². The van der Waals surface area contributed by atoms with Crippen LogP contribution in [0.1, 0.15) is 62.1 Å². The van der Waals surface area contributed by atoms with Crippen molar-refractivity contribution < 1.29 is 4.52 Å². The molecule has 2 saturated carbocycles. The van der Waals surface area contributed by atoms with Gasteiger partial charge in [0.25, 0.3) is 0 Å². The number of fused-ring (bicyclic) bond motifs is 1. The van der Waals surface area contributed by atoms with Crippen LogP contribution in [0.25, 0.3) is 0 Å². The molecule has 4 rings (SSSR count). The summed E-state index contributed by atoms with van der Waals surface area (Å²) >= 11 is 0. The van der Waals surface area contributed by atoms with E-state index < -0.39 is 0 Å². The van der Waals surface area contributed by atoms with Crippen LogP contribution < -0.4 is 5.32 Å². The predicted molar refractivity (Wildman–Crippen MR) is 67.3 cm³/mol. The molecule has 18 heavy (non-hydrogen) atoms. The number of hydrogen-bond acceptors (Lipinski definition) is 4. The molecule has 4 heteroatoms. The Morgan fingerprint density at radius 1 is 1.06 bits per heavy atom. The molecule has 2 aliphatic carbocycles. The second-order valence-electron chi connectivity index (χ2n) is 6.17. The van der Waals surface area contributed by atoms with Gasteiger partial charge in [-0.15, -0.1) is 0 Å². The minimum atomic E-state index is 0.469. The lowest BCUT2D eigenvalue weighted by Gasteiger charge is -2.19. The molecule has 0 spiro atoms. The third kappa shape index (κ3) is 1.78. The topological polar surface area (TPSA) is 51.0 Å². The van der Waals surface area contributed by atoms with Crippen molar-refractivity contribution in [1.82, 2.24) is 15.5 Å². The van der Waals surface area contributed by atoms with Crippen LogP contribution in [0.2, 0.25) is 0 Å². The van der Waals surface area contributed by atoms with Crippen molar-refractivity contribution in [2.45, 2.75) is 50.4 Å². The van der Waals surface area contributed by atoms with Gasteiger partial charge in [0.2, 0.25) is 5.89 Å². The standard InChI is InChI=1S/C14H21N3O/c1-2-6-11-10(5-1)12(11)14-16-13(17-18-14)9-4-3-7-15-8-9/h9-12,15H,1-8H2. The Hall–Kier alpha value is -0.900. The molecule has 3 atom stereocenters. The Bertz CT molecular complexity index is 412. The van der Waals surface area contributed by atoms with E-state index in [1.807, 2.05) is 0 Å². The summed E-state index contributed by atoms with van der Waals surface area (Å²) in [6, 6.07) is 0. The predicted octanol–water partition coefficient (Wildman–Crippen LogP) is 2.44. The third-order valence-electron chi connectivity index (χ3n) is 5.06. The SMILES string of the molecule is C1CNCC(c2noc(C3C4CCCCC43)n2)C1. The highest BCUT2D eigenvalue weighted by atomic mass is 16.5. The van der Waals surface area contributed by atoms with E-state index in [0.29, 0.717) is 11.8 Å². The maximum absolute atomic E-state index is 5.54. The first kappa shape index (κ1) is 11.0. The summed E-state index contributed by atoms with van der Waals surface area (Å²) in [5.74, 6) is 4.67. The van der Waals surface area contributed by atoms with Crippen LogP contribution in [-0.4, -0.2) is 23.2 Å². The zero-order valence-corrected chi connectivity index (χ0v) is 10.8. The molecule has 4 nitrogen and oxygen atoms in total. The molecule has 3 unspecified atom stereocenters. The summed E-state index contributed by atoms with van der Waals surface area (Å²) in [5.41, 5.74) is 0. The van der Waals surface area contributed by atoms with E-state index in [4.69, 9.17) is 9.51 Å². The van der Waals surface area contributed by atoms with Crippen molar-refractivity contribution >= 4 is 0 Å². The number of nitrogens with one attached hydrogen (secondary N) is 1. The molecule has 2 heterocycles. The zero-order valence-electron chi connectivity index (χ0n) is 10.8. The van der Waals surface area contributed by atoms with E-state index in [1.54, 1.807) is 0 Å². The maximum atomic E-state index is 5.54. The van der Waals surface area contributed by atoms with Gasteiger partial charge < -0.3 is 9.84 Å².